The highest BCUT2D eigenvalue weighted by atomic mass is 35.5. The number of rotatable bonds is 3. The first-order chi connectivity index (χ1) is 7.65. The third-order valence-corrected chi connectivity index (χ3v) is 2.43. The fourth-order valence-corrected chi connectivity index (χ4v) is 1.58. The summed E-state index contributed by atoms with van der Waals surface area (Å²) in [4.78, 5) is 0. The molecule has 3 nitrogen and oxygen atoms in total. The number of aryl methyl sites for hydroxylation is 1. The summed E-state index contributed by atoms with van der Waals surface area (Å²) in [6.07, 6.45) is 3.50. The molecule has 5 heteroatoms. The summed E-state index contributed by atoms with van der Waals surface area (Å²) in [5.41, 5.74) is 1.39. The number of hydrogen-bond acceptors (Lipinski definition) is 2. The van der Waals surface area contributed by atoms with Gasteiger partial charge in [0.2, 0.25) is 0 Å². The van der Waals surface area contributed by atoms with Gasteiger partial charge in [-0.2, -0.15) is 5.10 Å². The Morgan fingerprint density at radius 2 is 2.31 bits per heavy atom. The van der Waals surface area contributed by atoms with Crippen molar-refractivity contribution in [2.75, 3.05) is 5.32 Å². The van der Waals surface area contributed by atoms with E-state index in [-0.39, 0.29) is 5.82 Å². The van der Waals surface area contributed by atoms with Crippen LogP contribution in [0.3, 0.4) is 0 Å². The standard InChI is InChI=1S/C11H11ClFN3/c1-16-7-10(6-15-16)14-5-8-4-9(12)2-3-11(8)13/h2-4,6-7,14H,5H2,1H3. The van der Waals surface area contributed by atoms with Gasteiger partial charge in [0.05, 0.1) is 11.9 Å². The maximum Gasteiger partial charge on any atom is 0.128 e. The van der Waals surface area contributed by atoms with E-state index >= 15 is 0 Å². The van der Waals surface area contributed by atoms with E-state index in [1.54, 1.807) is 16.9 Å². The fourth-order valence-electron chi connectivity index (χ4n) is 1.39. The quantitative estimate of drug-likeness (QED) is 0.893. The van der Waals surface area contributed by atoms with Crippen LogP contribution in [0.4, 0.5) is 10.1 Å². The van der Waals surface area contributed by atoms with Gasteiger partial charge in [-0.05, 0) is 18.2 Å². The fraction of sp³-hybridized carbons (Fsp3) is 0.182. The molecule has 0 aliphatic carbocycles. The molecule has 1 aromatic carbocycles. The first-order valence-electron chi connectivity index (χ1n) is 4.81. The van der Waals surface area contributed by atoms with Crippen LogP contribution in [0.5, 0.6) is 0 Å². The highest BCUT2D eigenvalue weighted by molar-refractivity contribution is 6.30. The average Bonchev–Trinajstić information content (AvgIpc) is 2.66. The number of aromatic nitrogens is 2. The molecule has 0 fully saturated rings. The Labute approximate surface area is 97.8 Å². The number of anilines is 1. The Kier molecular flexibility index (Phi) is 3.10. The Balaban J connectivity index is 2.07. The second-order valence-corrected chi connectivity index (χ2v) is 3.93. The number of benzene rings is 1. The minimum atomic E-state index is -0.263. The molecule has 0 saturated heterocycles. The van der Waals surface area contributed by atoms with E-state index in [2.05, 4.69) is 10.4 Å². The zero-order chi connectivity index (χ0) is 11.5. The highest BCUT2D eigenvalue weighted by Crippen LogP contribution is 2.16. The van der Waals surface area contributed by atoms with E-state index in [0.717, 1.165) is 5.69 Å². The molecule has 0 aliphatic rings. The lowest BCUT2D eigenvalue weighted by atomic mass is 10.2. The lowest BCUT2D eigenvalue weighted by Gasteiger charge is -2.05. The molecule has 1 heterocycles. The van der Waals surface area contributed by atoms with Crippen molar-refractivity contribution in [3.63, 3.8) is 0 Å². The van der Waals surface area contributed by atoms with Crippen molar-refractivity contribution in [1.82, 2.24) is 9.78 Å². The van der Waals surface area contributed by atoms with E-state index in [1.165, 1.54) is 12.1 Å². The van der Waals surface area contributed by atoms with Crippen molar-refractivity contribution in [3.05, 3.63) is 47.0 Å². The van der Waals surface area contributed by atoms with Crippen molar-refractivity contribution in [2.45, 2.75) is 6.54 Å². The highest BCUT2D eigenvalue weighted by Gasteiger charge is 2.03. The molecule has 0 bridgehead atoms. The summed E-state index contributed by atoms with van der Waals surface area (Å²) in [6.45, 7) is 0.387. The summed E-state index contributed by atoms with van der Waals surface area (Å²) in [7, 11) is 1.82. The van der Waals surface area contributed by atoms with Crippen LogP contribution < -0.4 is 5.32 Å². The second kappa shape index (κ2) is 4.53. The van der Waals surface area contributed by atoms with Gasteiger partial charge in [0.15, 0.2) is 0 Å². The van der Waals surface area contributed by atoms with Gasteiger partial charge >= 0.3 is 0 Å². The largest absolute Gasteiger partial charge is 0.378 e. The molecular formula is C11H11ClFN3. The summed E-state index contributed by atoms with van der Waals surface area (Å²) in [6, 6.07) is 4.51. The van der Waals surface area contributed by atoms with E-state index < -0.39 is 0 Å². The Morgan fingerprint density at radius 3 is 3.00 bits per heavy atom. The normalized spacial score (nSPS) is 10.4. The molecule has 0 unspecified atom stereocenters. The third kappa shape index (κ3) is 2.52. The molecule has 16 heavy (non-hydrogen) atoms. The smallest absolute Gasteiger partial charge is 0.128 e. The van der Waals surface area contributed by atoms with Crippen LogP contribution in [0.2, 0.25) is 5.02 Å². The van der Waals surface area contributed by atoms with Gasteiger partial charge in [-0.1, -0.05) is 11.6 Å². The number of halogens is 2. The lowest BCUT2D eigenvalue weighted by molar-refractivity contribution is 0.613. The van der Waals surface area contributed by atoms with Gasteiger partial charge < -0.3 is 5.32 Å². The molecule has 2 aromatic rings. The maximum atomic E-state index is 13.4. The summed E-state index contributed by atoms with van der Waals surface area (Å²) in [5, 5.41) is 7.60. The molecule has 0 atom stereocenters. The zero-order valence-electron chi connectivity index (χ0n) is 8.74. The zero-order valence-corrected chi connectivity index (χ0v) is 9.50. The molecule has 0 radical (unpaired) electrons. The molecule has 0 amide bonds. The summed E-state index contributed by atoms with van der Waals surface area (Å²) in [5.74, 6) is -0.263. The first-order valence-corrected chi connectivity index (χ1v) is 5.19. The monoisotopic (exact) mass is 239 g/mol. The molecule has 1 N–H and O–H groups in total. The SMILES string of the molecule is Cn1cc(NCc2cc(Cl)ccc2F)cn1. The van der Waals surface area contributed by atoms with Gasteiger partial charge in [-0.3, -0.25) is 4.68 Å². The van der Waals surface area contributed by atoms with Crippen LogP contribution in [0.25, 0.3) is 0 Å². The van der Waals surface area contributed by atoms with Crippen LogP contribution in [-0.4, -0.2) is 9.78 Å². The van der Waals surface area contributed by atoms with Crippen molar-refractivity contribution < 1.29 is 4.39 Å². The van der Waals surface area contributed by atoms with Crippen LogP contribution in [-0.2, 0) is 13.6 Å². The van der Waals surface area contributed by atoms with E-state index in [0.29, 0.717) is 17.1 Å². The van der Waals surface area contributed by atoms with Gasteiger partial charge in [0.1, 0.15) is 5.82 Å². The van der Waals surface area contributed by atoms with Gasteiger partial charge in [-0.15, -0.1) is 0 Å². The van der Waals surface area contributed by atoms with Gasteiger partial charge in [-0.25, -0.2) is 4.39 Å². The van der Waals surface area contributed by atoms with E-state index in [1.807, 2.05) is 13.2 Å². The number of nitrogens with zero attached hydrogens (tertiary/aromatic N) is 2. The molecule has 0 aliphatic heterocycles. The maximum absolute atomic E-state index is 13.4. The Hall–Kier alpha value is -1.55. The van der Waals surface area contributed by atoms with Crippen molar-refractivity contribution in [1.29, 1.82) is 0 Å². The summed E-state index contributed by atoms with van der Waals surface area (Å²) >= 11 is 5.79. The third-order valence-electron chi connectivity index (χ3n) is 2.20. The van der Waals surface area contributed by atoms with Crippen molar-refractivity contribution >= 4 is 17.3 Å². The van der Waals surface area contributed by atoms with Crippen LogP contribution in [0.15, 0.2) is 30.6 Å². The average molecular weight is 240 g/mol. The Bertz CT molecular complexity index is 496. The van der Waals surface area contributed by atoms with Crippen LogP contribution in [0.1, 0.15) is 5.56 Å². The first kappa shape index (κ1) is 11.0. The molecular weight excluding hydrogens is 229 g/mol. The van der Waals surface area contributed by atoms with Crippen molar-refractivity contribution in [2.24, 2.45) is 7.05 Å². The molecule has 84 valence electrons. The predicted molar refractivity (Wildman–Crippen MR) is 61.9 cm³/mol. The van der Waals surface area contributed by atoms with Crippen molar-refractivity contribution in [3.8, 4) is 0 Å². The Morgan fingerprint density at radius 1 is 1.50 bits per heavy atom. The topological polar surface area (TPSA) is 29.9 Å². The molecule has 1 aromatic heterocycles. The lowest BCUT2D eigenvalue weighted by Crippen LogP contribution is -2.01. The van der Waals surface area contributed by atoms with E-state index in [9.17, 15) is 4.39 Å². The molecule has 0 saturated carbocycles. The minimum absolute atomic E-state index is 0.263. The van der Waals surface area contributed by atoms with Crippen LogP contribution >= 0.6 is 11.6 Å². The summed E-state index contributed by atoms with van der Waals surface area (Å²) < 4.78 is 15.0. The number of nitrogens with one attached hydrogen (secondary N) is 1. The minimum Gasteiger partial charge on any atom is -0.378 e. The van der Waals surface area contributed by atoms with Gasteiger partial charge in [0, 0.05) is 30.4 Å². The molecule has 0 spiro atoms. The van der Waals surface area contributed by atoms with Crippen LogP contribution in [0, 0.1) is 5.82 Å². The number of hydrogen-bond donors (Lipinski definition) is 1. The second-order valence-electron chi connectivity index (χ2n) is 3.49. The predicted octanol–water partition coefficient (Wildman–Crippen LogP) is 2.82. The molecule has 2 rings (SSSR count). The van der Waals surface area contributed by atoms with E-state index in [4.69, 9.17) is 11.6 Å². The van der Waals surface area contributed by atoms with Gasteiger partial charge in [0.25, 0.3) is 0 Å².